The van der Waals surface area contributed by atoms with Gasteiger partial charge < -0.3 is 0 Å². The van der Waals surface area contributed by atoms with Gasteiger partial charge in [-0.15, -0.1) is 0 Å². The van der Waals surface area contributed by atoms with E-state index in [0.29, 0.717) is 17.1 Å². The van der Waals surface area contributed by atoms with Crippen molar-refractivity contribution in [3.8, 4) is 0 Å². The molecular formula is C11H18ClN3. The third-order valence-electron chi connectivity index (χ3n) is 2.75. The second-order valence-electron chi connectivity index (χ2n) is 4.23. The van der Waals surface area contributed by atoms with Gasteiger partial charge in [-0.05, 0) is 19.9 Å². The van der Waals surface area contributed by atoms with Crippen molar-refractivity contribution in [2.45, 2.75) is 33.4 Å². The molecule has 0 saturated heterocycles. The van der Waals surface area contributed by atoms with Crippen LogP contribution in [0.2, 0.25) is 5.15 Å². The van der Waals surface area contributed by atoms with Crippen molar-refractivity contribution in [3.05, 3.63) is 23.2 Å². The van der Waals surface area contributed by atoms with E-state index in [4.69, 9.17) is 11.6 Å². The van der Waals surface area contributed by atoms with Crippen LogP contribution in [0.3, 0.4) is 0 Å². The van der Waals surface area contributed by atoms with Gasteiger partial charge in [-0.2, -0.15) is 0 Å². The van der Waals surface area contributed by atoms with Crippen LogP contribution in [0.1, 0.15) is 26.5 Å². The quantitative estimate of drug-likeness (QED) is 0.792. The fraction of sp³-hybridized carbons (Fsp3) is 0.636. The normalized spacial score (nSPS) is 13.5. The Hall–Kier alpha value is -0.670. The lowest BCUT2D eigenvalue weighted by Gasteiger charge is -2.27. The van der Waals surface area contributed by atoms with Gasteiger partial charge in [0.2, 0.25) is 0 Å². The molecule has 1 unspecified atom stereocenters. The van der Waals surface area contributed by atoms with E-state index >= 15 is 0 Å². The molecule has 1 aromatic rings. The maximum Gasteiger partial charge on any atom is 0.147 e. The summed E-state index contributed by atoms with van der Waals surface area (Å²) in [4.78, 5) is 10.5. The topological polar surface area (TPSA) is 29.0 Å². The predicted octanol–water partition coefficient (Wildman–Crippen LogP) is 2.61. The molecule has 0 spiro atoms. The van der Waals surface area contributed by atoms with Crippen molar-refractivity contribution in [2.75, 3.05) is 7.05 Å². The highest BCUT2D eigenvalue weighted by atomic mass is 35.5. The van der Waals surface area contributed by atoms with E-state index in [1.54, 1.807) is 12.4 Å². The van der Waals surface area contributed by atoms with Gasteiger partial charge in [-0.1, -0.05) is 25.4 Å². The monoisotopic (exact) mass is 227 g/mol. The largest absolute Gasteiger partial charge is 0.298 e. The fourth-order valence-corrected chi connectivity index (χ4v) is 1.43. The van der Waals surface area contributed by atoms with E-state index < -0.39 is 0 Å². The zero-order chi connectivity index (χ0) is 11.4. The molecule has 1 rings (SSSR count). The Morgan fingerprint density at radius 3 is 2.40 bits per heavy atom. The van der Waals surface area contributed by atoms with Crippen LogP contribution in [-0.4, -0.2) is 28.0 Å². The van der Waals surface area contributed by atoms with Gasteiger partial charge in [-0.25, -0.2) is 4.98 Å². The summed E-state index contributed by atoms with van der Waals surface area (Å²) in [6.07, 6.45) is 3.32. The fourth-order valence-electron chi connectivity index (χ4n) is 1.33. The lowest BCUT2D eigenvalue weighted by molar-refractivity contribution is 0.198. The van der Waals surface area contributed by atoms with Gasteiger partial charge in [0.05, 0.1) is 18.1 Å². The van der Waals surface area contributed by atoms with Crippen LogP contribution >= 0.6 is 11.6 Å². The first kappa shape index (κ1) is 12.4. The summed E-state index contributed by atoms with van der Waals surface area (Å²) in [5, 5.41) is 0.443. The molecule has 1 atom stereocenters. The highest BCUT2D eigenvalue weighted by molar-refractivity contribution is 6.29. The van der Waals surface area contributed by atoms with Crippen molar-refractivity contribution in [1.82, 2.24) is 14.9 Å². The van der Waals surface area contributed by atoms with E-state index in [0.717, 1.165) is 12.2 Å². The van der Waals surface area contributed by atoms with Crippen LogP contribution in [0.4, 0.5) is 0 Å². The van der Waals surface area contributed by atoms with Gasteiger partial charge >= 0.3 is 0 Å². The Labute approximate surface area is 96.5 Å². The third kappa shape index (κ3) is 3.76. The summed E-state index contributed by atoms with van der Waals surface area (Å²) in [6, 6.07) is 0.530. The molecule has 0 aromatic carbocycles. The zero-order valence-corrected chi connectivity index (χ0v) is 10.5. The van der Waals surface area contributed by atoms with E-state index in [-0.39, 0.29) is 0 Å². The van der Waals surface area contributed by atoms with Crippen molar-refractivity contribution >= 4 is 11.6 Å². The zero-order valence-electron chi connectivity index (χ0n) is 9.74. The lowest BCUT2D eigenvalue weighted by Crippen LogP contribution is -2.32. The Morgan fingerprint density at radius 2 is 1.93 bits per heavy atom. The molecule has 0 N–H and O–H groups in total. The van der Waals surface area contributed by atoms with Gasteiger partial charge in [0.1, 0.15) is 5.15 Å². The van der Waals surface area contributed by atoms with E-state index in [9.17, 15) is 0 Å². The maximum absolute atomic E-state index is 5.67. The number of halogens is 1. The van der Waals surface area contributed by atoms with Crippen molar-refractivity contribution in [3.63, 3.8) is 0 Å². The summed E-state index contributed by atoms with van der Waals surface area (Å²) >= 11 is 5.67. The minimum absolute atomic E-state index is 0.443. The second kappa shape index (κ2) is 5.42. The minimum Gasteiger partial charge on any atom is -0.298 e. The highest BCUT2D eigenvalue weighted by Gasteiger charge is 2.13. The summed E-state index contributed by atoms with van der Waals surface area (Å²) in [6.45, 7) is 7.46. The van der Waals surface area contributed by atoms with Crippen LogP contribution in [0.15, 0.2) is 12.4 Å². The van der Waals surface area contributed by atoms with Crippen molar-refractivity contribution in [2.24, 2.45) is 5.92 Å². The summed E-state index contributed by atoms with van der Waals surface area (Å²) < 4.78 is 0. The van der Waals surface area contributed by atoms with Crippen LogP contribution in [-0.2, 0) is 6.54 Å². The van der Waals surface area contributed by atoms with E-state index in [1.807, 2.05) is 0 Å². The molecule has 1 heterocycles. The Kier molecular flexibility index (Phi) is 4.48. The number of aromatic nitrogens is 2. The molecule has 0 radical (unpaired) electrons. The number of hydrogen-bond acceptors (Lipinski definition) is 3. The number of hydrogen-bond donors (Lipinski definition) is 0. The van der Waals surface area contributed by atoms with Gasteiger partial charge in [0.25, 0.3) is 0 Å². The molecule has 0 amide bonds. The minimum atomic E-state index is 0.443. The standard InChI is InChI=1S/C11H18ClN3/c1-8(2)9(3)15(4)7-10-5-14-11(12)6-13-10/h5-6,8-9H,7H2,1-4H3. The molecule has 0 aliphatic carbocycles. The van der Waals surface area contributed by atoms with Gasteiger partial charge in [-0.3, -0.25) is 9.88 Å². The Balaban J connectivity index is 2.58. The van der Waals surface area contributed by atoms with E-state index in [1.165, 1.54) is 0 Å². The molecule has 0 bridgehead atoms. The molecule has 0 fully saturated rings. The second-order valence-corrected chi connectivity index (χ2v) is 4.62. The maximum atomic E-state index is 5.67. The number of nitrogens with zero attached hydrogens (tertiary/aromatic N) is 3. The highest BCUT2D eigenvalue weighted by Crippen LogP contribution is 2.11. The van der Waals surface area contributed by atoms with Crippen LogP contribution < -0.4 is 0 Å². The van der Waals surface area contributed by atoms with Crippen molar-refractivity contribution in [1.29, 1.82) is 0 Å². The summed E-state index contributed by atoms with van der Waals surface area (Å²) in [5.41, 5.74) is 0.953. The number of rotatable bonds is 4. The summed E-state index contributed by atoms with van der Waals surface area (Å²) in [7, 11) is 2.10. The lowest BCUT2D eigenvalue weighted by atomic mass is 10.1. The van der Waals surface area contributed by atoms with Gasteiger partial charge in [0.15, 0.2) is 0 Å². The smallest absolute Gasteiger partial charge is 0.147 e. The molecular weight excluding hydrogens is 210 g/mol. The Morgan fingerprint density at radius 1 is 1.27 bits per heavy atom. The molecule has 84 valence electrons. The first-order valence-corrected chi connectivity index (χ1v) is 5.55. The summed E-state index contributed by atoms with van der Waals surface area (Å²) in [5.74, 6) is 0.634. The van der Waals surface area contributed by atoms with Crippen LogP contribution in [0.25, 0.3) is 0 Å². The Bertz CT molecular complexity index is 297. The molecule has 3 nitrogen and oxygen atoms in total. The molecule has 15 heavy (non-hydrogen) atoms. The predicted molar refractivity (Wildman–Crippen MR) is 62.8 cm³/mol. The van der Waals surface area contributed by atoms with Crippen LogP contribution in [0.5, 0.6) is 0 Å². The van der Waals surface area contributed by atoms with Crippen molar-refractivity contribution < 1.29 is 0 Å². The third-order valence-corrected chi connectivity index (χ3v) is 2.94. The molecule has 0 aliphatic rings. The molecule has 4 heteroatoms. The molecule has 0 saturated carbocycles. The molecule has 1 aromatic heterocycles. The average Bonchev–Trinajstić information content (AvgIpc) is 2.20. The first-order chi connectivity index (χ1) is 7.00. The first-order valence-electron chi connectivity index (χ1n) is 5.17. The van der Waals surface area contributed by atoms with E-state index in [2.05, 4.69) is 42.7 Å². The average molecular weight is 228 g/mol. The molecule has 0 aliphatic heterocycles. The van der Waals surface area contributed by atoms with Gasteiger partial charge in [0, 0.05) is 12.6 Å². The SMILES string of the molecule is CC(C)C(C)N(C)Cc1cnc(Cl)cn1. The van der Waals surface area contributed by atoms with Crippen LogP contribution in [0, 0.1) is 5.92 Å².